The molecule has 2 aliphatic heterocycles. The van der Waals surface area contributed by atoms with Crippen molar-refractivity contribution < 1.29 is 4.74 Å². The molecule has 1 unspecified atom stereocenters. The summed E-state index contributed by atoms with van der Waals surface area (Å²) in [5.41, 5.74) is 7.49. The van der Waals surface area contributed by atoms with E-state index in [1.165, 1.54) is 12.1 Å². The van der Waals surface area contributed by atoms with Crippen molar-refractivity contribution in [2.75, 3.05) is 50.8 Å². The first kappa shape index (κ1) is 13.9. The minimum Gasteiger partial charge on any atom is -0.379 e. The lowest BCUT2D eigenvalue weighted by Gasteiger charge is -2.49. The Bertz CT molecular complexity index is 409. The molecule has 0 aliphatic carbocycles. The zero-order valence-corrected chi connectivity index (χ0v) is 12.1. The second-order valence-corrected chi connectivity index (χ2v) is 5.89. The summed E-state index contributed by atoms with van der Waals surface area (Å²) in [5.74, 6) is 0. The summed E-state index contributed by atoms with van der Waals surface area (Å²) in [4.78, 5) is 5.02. The standard InChI is InChI=1S/C16H25N3O/c17-13-16(7-4-12-20-14-16)19-10-8-18(9-11-19)15-5-2-1-3-6-15/h1-3,5-6H,4,7-14,17H2. The van der Waals surface area contributed by atoms with Crippen LogP contribution in [0.5, 0.6) is 0 Å². The number of nitrogens with two attached hydrogens (primary N) is 1. The van der Waals surface area contributed by atoms with Gasteiger partial charge in [-0.05, 0) is 25.0 Å². The van der Waals surface area contributed by atoms with Gasteiger partial charge in [-0.15, -0.1) is 0 Å². The molecule has 2 fully saturated rings. The topological polar surface area (TPSA) is 41.7 Å². The van der Waals surface area contributed by atoms with E-state index in [-0.39, 0.29) is 5.54 Å². The fourth-order valence-corrected chi connectivity index (χ4v) is 3.45. The molecule has 0 aromatic heterocycles. The first-order chi connectivity index (χ1) is 9.84. The van der Waals surface area contributed by atoms with Crippen LogP contribution in [-0.4, -0.2) is 56.4 Å². The Morgan fingerprint density at radius 1 is 1.10 bits per heavy atom. The molecule has 2 saturated heterocycles. The minimum atomic E-state index is 0.0844. The molecule has 0 spiro atoms. The second kappa shape index (κ2) is 6.12. The highest BCUT2D eigenvalue weighted by Gasteiger charge is 2.38. The number of anilines is 1. The van der Waals surface area contributed by atoms with Gasteiger partial charge in [-0.3, -0.25) is 4.90 Å². The first-order valence-corrected chi connectivity index (χ1v) is 7.67. The lowest BCUT2D eigenvalue weighted by Crippen LogP contribution is -2.63. The minimum absolute atomic E-state index is 0.0844. The Morgan fingerprint density at radius 2 is 1.85 bits per heavy atom. The van der Waals surface area contributed by atoms with Crippen molar-refractivity contribution in [3.8, 4) is 0 Å². The lowest BCUT2D eigenvalue weighted by atomic mass is 9.89. The van der Waals surface area contributed by atoms with Crippen LogP contribution in [-0.2, 0) is 4.74 Å². The van der Waals surface area contributed by atoms with Crippen LogP contribution in [0.4, 0.5) is 5.69 Å². The maximum absolute atomic E-state index is 6.08. The van der Waals surface area contributed by atoms with Crippen LogP contribution >= 0.6 is 0 Å². The van der Waals surface area contributed by atoms with Crippen molar-refractivity contribution in [1.29, 1.82) is 0 Å². The van der Waals surface area contributed by atoms with E-state index >= 15 is 0 Å². The van der Waals surface area contributed by atoms with Crippen molar-refractivity contribution >= 4 is 5.69 Å². The summed E-state index contributed by atoms with van der Waals surface area (Å²) < 4.78 is 5.71. The Morgan fingerprint density at radius 3 is 2.45 bits per heavy atom. The van der Waals surface area contributed by atoms with Crippen LogP contribution in [0, 0.1) is 0 Å². The molecule has 0 radical (unpaired) electrons. The van der Waals surface area contributed by atoms with E-state index in [1.807, 2.05) is 0 Å². The average molecular weight is 275 g/mol. The predicted octanol–water partition coefficient (Wildman–Crippen LogP) is 1.32. The molecule has 1 aromatic rings. The van der Waals surface area contributed by atoms with Crippen molar-refractivity contribution in [1.82, 2.24) is 4.90 Å². The van der Waals surface area contributed by atoms with Gasteiger partial charge in [0.1, 0.15) is 0 Å². The third kappa shape index (κ3) is 2.68. The lowest BCUT2D eigenvalue weighted by molar-refractivity contribution is -0.0468. The van der Waals surface area contributed by atoms with Gasteiger partial charge in [-0.1, -0.05) is 18.2 Å². The quantitative estimate of drug-likeness (QED) is 0.903. The summed E-state index contributed by atoms with van der Waals surface area (Å²) in [6.45, 7) is 6.71. The summed E-state index contributed by atoms with van der Waals surface area (Å²) in [5, 5.41) is 0. The summed E-state index contributed by atoms with van der Waals surface area (Å²) >= 11 is 0. The summed E-state index contributed by atoms with van der Waals surface area (Å²) in [7, 11) is 0. The Labute approximate surface area is 121 Å². The number of rotatable bonds is 3. The molecule has 4 nitrogen and oxygen atoms in total. The van der Waals surface area contributed by atoms with Gasteiger partial charge in [-0.25, -0.2) is 0 Å². The third-order valence-electron chi connectivity index (χ3n) is 4.75. The Hall–Kier alpha value is -1.10. The number of piperazine rings is 1. The number of benzene rings is 1. The molecule has 2 N–H and O–H groups in total. The predicted molar refractivity (Wildman–Crippen MR) is 82.1 cm³/mol. The molecule has 1 aromatic carbocycles. The number of hydrogen-bond acceptors (Lipinski definition) is 4. The van der Waals surface area contributed by atoms with E-state index in [9.17, 15) is 0 Å². The van der Waals surface area contributed by atoms with Gasteiger partial charge >= 0.3 is 0 Å². The van der Waals surface area contributed by atoms with Crippen LogP contribution in [0.1, 0.15) is 12.8 Å². The second-order valence-electron chi connectivity index (χ2n) is 5.89. The van der Waals surface area contributed by atoms with Crippen LogP contribution in [0.15, 0.2) is 30.3 Å². The van der Waals surface area contributed by atoms with Gasteiger partial charge in [0.15, 0.2) is 0 Å². The van der Waals surface area contributed by atoms with E-state index in [0.717, 1.165) is 45.8 Å². The molecule has 0 bridgehead atoms. The fraction of sp³-hybridized carbons (Fsp3) is 0.625. The molecule has 20 heavy (non-hydrogen) atoms. The fourth-order valence-electron chi connectivity index (χ4n) is 3.45. The molecular weight excluding hydrogens is 250 g/mol. The van der Waals surface area contributed by atoms with E-state index < -0.39 is 0 Å². The van der Waals surface area contributed by atoms with Gasteiger partial charge in [-0.2, -0.15) is 0 Å². The van der Waals surface area contributed by atoms with Crippen molar-refractivity contribution in [2.24, 2.45) is 5.73 Å². The number of ether oxygens (including phenoxy) is 1. The van der Waals surface area contributed by atoms with Gasteiger partial charge in [0.2, 0.25) is 0 Å². The number of hydrogen-bond donors (Lipinski definition) is 1. The zero-order chi connectivity index (χ0) is 13.8. The third-order valence-corrected chi connectivity index (χ3v) is 4.75. The molecule has 4 heteroatoms. The highest BCUT2D eigenvalue weighted by molar-refractivity contribution is 5.46. The van der Waals surface area contributed by atoms with E-state index in [0.29, 0.717) is 6.54 Å². The van der Waals surface area contributed by atoms with Crippen molar-refractivity contribution in [2.45, 2.75) is 18.4 Å². The van der Waals surface area contributed by atoms with Gasteiger partial charge in [0.05, 0.1) is 12.1 Å². The highest BCUT2D eigenvalue weighted by atomic mass is 16.5. The normalized spacial score (nSPS) is 28.6. The van der Waals surface area contributed by atoms with Crippen LogP contribution in [0.25, 0.3) is 0 Å². The van der Waals surface area contributed by atoms with Crippen molar-refractivity contribution in [3.05, 3.63) is 30.3 Å². The highest BCUT2D eigenvalue weighted by Crippen LogP contribution is 2.27. The smallest absolute Gasteiger partial charge is 0.0662 e. The Balaban J connectivity index is 1.63. The van der Waals surface area contributed by atoms with Crippen LogP contribution in [0.3, 0.4) is 0 Å². The van der Waals surface area contributed by atoms with E-state index in [4.69, 9.17) is 10.5 Å². The van der Waals surface area contributed by atoms with Crippen LogP contribution in [0.2, 0.25) is 0 Å². The molecule has 2 heterocycles. The first-order valence-electron chi connectivity index (χ1n) is 7.67. The van der Waals surface area contributed by atoms with Crippen molar-refractivity contribution in [3.63, 3.8) is 0 Å². The molecule has 0 saturated carbocycles. The largest absolute Gasteiger partial charge is 0.379 e. The van der Waals surface area contributed by atoms with Gasteiger partial charge < -0.3 is 15.4 Å². The maximum Gasteiger partial charge on any atom is 0.0662 e. The van der Waals surface area contributed by atoms with Gasteiger partial charge in [0.25, 0.3) is 0 Å². The maximum atomic E-state index is 6.08. The van der Waals surface area contributed by atoms with E-state index in [2.05, 4.69) is 40.1 Å². The van der Waals surface area contributed by atoms with E-state index in [1.54, 1.807) is 0 Å². The SMILES string of the molecule is NCC1(N2CCN(c3ccccc3)CC2)CCCOC1. The average Bonchev–Trinajstić information content (AvgIpc) is 2.56. The summed E-state index contributed by atoms with van der Waals surface area (Å²) in [6, 6.07) is 10.7. The summed E-state index contributed by atoms with van der Waals surface area (Å²) in [6.07, 6.45) is 2.31. The zero-order valence-electron chi connectivity index (χ0n) is 12.1. The van der Waals surface area contributed by atoms with Gasteiger partial charge in [0, 0.05) is 45.0 Å². The molecule has 3 rings (SSSR count). The van der Waals surface area contributed by atoms with Crippen LogP contribution < -0.4 is 10.6 Å². The molecule has 1 atom stereocenters. The Kier molecular flexibility index (Phi) is 4.24. The molecular formula is C16H25N3O. The number of para-hydroxylation sites is 1. The number of nitrogens with zero attached hydrogens (tertiary/aromatic N) is 2. The molecule has 0 amide bonds. The monoisotopic (exact) mass is 275 g/mol. The molecule has 2 aliphatic rings. The molecule has 110 valence electrons.